The molecule has 0 amide bonds. The molecule has 1 saturated heterocycles. The number of fused-ring (bicyclic) bond motifs is 1. The zero-order valence-corrected chi connectivity index (χ0v) is 23.5. The van der Waals surface area contributed by atoms with Crippen LogP contribution in [0.4, 0.5) is 24.7 Å². The topological polar surface area (TPSA) is 136 Å². The molecule has 0 aliphatic carbocycles. The minimum atomic E-state index is -4.47. The molecule has 3 heterocycles. The van der Waals surface area contributed by atoms with Crippen molar-refractivity contribution < 1.29 is 27.8 Å². The first-order chi connectivity index (χ1) is 19.1. The third kappa shape index (κ3) is 5.29. The van der Waals surface area contributed by atoms with Gasteiger partial charge in [-0.2, -0.15) is 23.5 Å². The van der Waals surface area contributed by atoms with Gasteiger partial charge >= 0.3 is 12.1 Å². The quantitative estimate of drug-likeness (QED) is 0.362. The Morgan fingerprint density at radius 2 is 1.90 bits per heavy atom. The third-order valence-corrected chi connectivity index (χ3v) is 7.86. The molecule has 0 radical (unpaired) electrons. The number of nitriles is 1. The number of nitrogens with one attached hydrogen (secondary N) is 2. The number of nitrogens with zero attached hydrogens (tertiary/aromatic N) is 4. The molecule has 4 rings (SSSR count). The SMILES string of the molecule is CN(C)C(c1ccc(Nc2nn(C3(CC#N)CCC(C(=O)O)(C(C)(C)C)OC3)c3cc[nH]c(=O)c23)cc1)C(F)(F)F. The number of ether oxygens (including phenoxy) is 1. The van der Waals surface area contributed by atoms with Gasteiger partial charge in [0.2, 0.25) is 0 Å². The fourth-order valence-electron chi connectivity index (χ4n) is 5.61. The number of anilines is 2. The van der Waals surface area contributed by atoms with Crippen molar-refractivity contribution in [2.45, 2.75) is 63.4 Å². The molecule has 0 bridgehead atoms. The van der Waals surface area contributed by atoms with Crippen molar-refractivity contribution >= 4 is 28.4 Å². The van der Waals surface area contributed by atoms with Crippen molar-refractivity contribution in [2.24, 2.45) is 5.41 Å². The maximum atomic E-state index is 13.6. The number of hydrogen-bond donors (Lipinski definition) is 3. The predicted octanol–water partition coefficient (Wildman–Crippen LogP) is 4.92. The second-order valence-electron chi connectivity index (χ2n) is 11.7. The first-order valence-electron chi connectivity index (χ1n) is 13.0. The van der Waals surface area contributed by atoms with Gasteiger partial charge < -0.3 is 20.1 Å². The minimum absolute atomic E-state index is 0.0503. The Bertz CT molecular complexity index is 1520. The number of aliphatic carboxylic acids is 1. The number of halogens is 3. The van der Waals surface area contributed by atoms with Crippen molar-refractivity contribution in [1.29, 1.82) is 5.26 Å². The van der Waals surface area contributed by atoms with E-state index >= 15 is 0 Å². The second-order valence-corrected chi connectivity index (χ2v) is 11.7. The lowest BCUT2D eigenvalue weighted by Gasteiger charge is -2.49. The average Bonchev–Trinajstić information content (AvgIpc) is 3.24. The highest BCUT2D eigenvalue weighted by Gasteiger charge is 2.56. The van der Waals surface area contributed by atoms with E-state index in [9.17, 15) is 33.1 Å². The summed E-state index contributed by atoms with van der Waals surface area (Å²) in [5.41, 5.74) is -2.90. The molecule has 0 spiro atoms. The fraction of sp³-hybridized carbons (Fsp3) is 0.500. The maximum Gasteiger partial charge on any atom is 0.408 e. The molecule has 2 aromatic heterocycles. The minimum Gasteiger partial charge on any atom is -0.479 e. The van der Waals surface area contributed by atoms with Crippen LogP contribution in [0.5, 0.6) is 0 Å². The number of hydrogen-bond acceptors (Lipinski definition) is 7. The summed E-state index contributed by atoms with van der Waals surface area (Å²) in [4.78, 5) is 29.0. The first-order valence-corrected chi connectivity index (χ1v) is 13.0. The van der Waals surface area contributed by atoms with Gasteiger partial charge in [0.05, 0.1) is 30.2 Å². The lowest BCUT2D eigenvalue weighted by Crippen LogP contribution is -2.59. The molecule has 1 aliphatic heterocycles. The Morgan fingerprint density at radius 1 is 1.24 bits per heavy atom. The monoisotopic (exact) mass is 574 g/mol. The number of carboxylic acid groups (broad SMARTS) is 1. The molecule has 3 atom stereocenters. The molecular weight excluding hydrogens is 541 g/mol. The number of aromatic nitrogens is 3. The zero-order valence-electron chi connectivity index (χ0n) is 23.5. The Morgan fingerprint density at radius 3 is 2.39 bits per heavy atom. The van der Waals surface area contributed by atoms with Crippen LogP contribution in [-0.4, -0.2) is 63.2 Å². The normalized spacial score (nSPS) is 22.4. The van der Waals surface area contributed by atoms with Crippen LogP contribution in [0.2, 0.25) is 0 Å². The van der Waals surface area contributed by atoms with Crippen LogP contribution in [0, 0.1) is 16.7 Å². The summed E-state index contributed by atoms with van der Waals surface area (Å²) in [5, 5.41) is 27.7. The number of pyridine rings is 1. The van der Waals surface area contributed by atoms with Gasteiger partial charge in [-0.15, -0.1) is 0 Å². The van der Waals surface area contributed by atoms with Crippen molar-refractivity contribution in [3.63, 3.8) is 0 Å². The molecule has 220 valence electrons. The van der Waals surface area contributed by atoms with E-state index in [0.29, 0.717) is 11.2 Å². The van der Waals surface area contributed by atoms with Crippen LogP contribution in [0.25, 0.3) is 10.9 Å². The van der Waals surface area contributed by atoms with Crippen molar-refractivity contribution in [3.05, 3.63) is 52.4 Å². The van der Waals surface area contributed by atoms with Gasteiger partial charge in [-0.1, -0.05) is 32.9 Å². The van der Waals surface area contributed by atoms with Crippen LogP contribution in [0.3, 0.4) is 0 Å². The maximum absolute atomic E-state index is 13.6. The first kappa shape index (κ1) is 30.1. The number of alkyl halides is 3. The van der Waals surface area contributed by atoms with E-state index < -0.39 is 40.3 Å². The summed E-state index contributed by atoms with van der Waals surface area (Å²) in [6.07, 6.45) is -2.74. The summed E-state index contributed by atoms with van der Waals surface area (Å²) in [7, 11) is 2.70. The van der Waals surface area contributed by atoms with Gasteiger partial charge in [0.25, 0.3) is 5.56 Å². The van der Waals surface area contributed by atoms with Gasteiger partial charge in [0, 0.05) is 17.3 Å². The van der Waals surface area contributed by atoms with Crippen LogP contribution in [0.15, 0.2) is 41.3 Å². The number of carboxylic acids is 1. The Kier molecular flexibility index (Phi) is 7.70. The summed E-state index contributed by atoms with van der Waals surface area (Å²) in [6, 6.07) is 7.65. The van der Waals surface area contributed by atoms with Gasteiger partial charge in [0.1, 0.15) is 11.4 Å². The molecular formula is C28H33F3N6O4. The van der Waals surface area contributed by atoms with E-state index in [1.54, 1.807) is 26.8 Å². The third-order valence-electron chi connectivity index (χ3n) is 7.86. The van der Waals surface area contributed by atoms with Gasteiger partial charge in [-0.25, -0.2) is 4.79 Å². The molecule has 3 aromatic rings. The Balaban J connectivity index is 1.75. The molecule has 1 aliphatic rings. The van der Waals surface area contributed by atoms with Crippen molar-refractivity contribution in [3.8, 4) is 6.07 Å². The van der Waals surface area contributed by atoms with Crippen LogP contribution in [0.1, 0.15) is 51.6 Å². The lowest BCUT2D eigenvalue weighted by atomic mass is 9.69. The fourth-order valence-corrected chi connectivity index (χ4v) is 5.61. The molecule has 1 aromatic carbocycles. The molecule has 41 heavy (non-hydrogen) atoms. The van der Waals surface area contributed by atoms with E-state index in [-0.39, 0.29) is 42.6 Å². The van der Waals surface area contributed by atoms with Crippen LogP contribution >= 0.6 is 0 Å². The second kappa shape index (κ2) is 10.5. The molecule has 0 saturated carbocycles. The summed E-state index contributed by atoms with van der Waals surface area (Å²) >= 11 is 0. The lowest BCUT2D eigenvalue weighted by molar-refractivity contribution is -0.206. The summed E-state index contributed by atoms with van der Waals surface area (Å²) < 4.78 is 48.4. The average molecular weight is 575 g/mol. The van der Waals surface area contributed by atoms with E-state index in [4.69, 9.17) is 4.74 Å². The van der Waals surface area contributed by atoms with Gasteiger partial charge in [-0.3, -0.25) is 14.4 Å². The summed E-state index contributed by atoms with van der Waals surface area (Å²) in [6.45, 7) is 5.21. The molecule has 3 N–H and O–H groups in total. The largest absolute Gasteiger partial charge is 0.479 e. The predicted molar refractivity (Wildman–Crippen MR) is 146 cm³/mol. The number of benzene rings is 1. The molecule has 10 nitrogen and oxygen atoms in total. The van der Waals surface area contributed by atoms with Gasteiger partial charge in [0.15, 0.2) is 11.4 Å². The van der Waals surface area contributed by atoms with Crippen molar-refractivity contribution in [1.82, 2.24) is 19.7 Å². The Hall–Kier alpha value is -3.89. The van der Waals surface area contributed by atoms with E-state index in [0.717, 1.165) is 4.90 Å². The van der Waals surface area contributed by atoms with Crippen LogP contribution < -0.4 is 10.9 Å². The van der Waals surface area contributed by atoms with Crippen LogP contribution in [-0.2, 0) is 15.1 Å². The molecule has 3 unspecified atom stereocenters. The summed E-state index contributed by atoms with van der Waals surface area (Å²) in [5.74, 6) is -0.956. The highest BCUT2D eigenvalue weighted by atomic mass is 19.4. The number of rotatable bonds is 7. The highest BCUT2D eigenvalue weighted by Crippen LogP contribution is 2.47. The zero-order chi connectivity index (χ0) is 30.4. The van der Waals surface area contributed by atoms with E-state index in [1.807, 2.05) is 0 Å². The number of carbonyl (C=O) groups is 1. The number of H-pyrrole nitrogens is 1. The Labute approximate surface area is 234 Å². The molecule has 1 fully saturated rings. The van der Waals surface area contributed by atoms with Gasteiger partial charge in [-0.05, 0) is 50.7 Å². The van der Waals surface area contributed by atoms with Crippen molar-refractivity contribution in [2.75, 3.05) is 26.0 Å². The highest BCUT2D eigenvalue weighted by molar-refractivity contribution is 5.91. The van der Waals surface area contributed by atoms with E-state index in [1.165, 1.54) is 49.2 Å². The van der Waals surface area contributed by atoms with E-state index in [2.05, 4.69) is 21.5 Å². The molecule has 13 heteroatoms. The number of aromatic amines is 1. The standard InChI is InChI=1S/C28H33F3N6O4/c1-25(2,3)27(24(39)40)12-11-26(13-14-32,16-41-27)37-19-10-15-33-23(38)20(19)22(35-37)34-18-8-6-17(7-9-18)21(36(4)5)28(29,30)31/h6-10,15,21H,11-13,16H2,1-5H3,(H,33,38)(H,34,35)(H,39,40). The smallest absolute Gasteiger partial charge is 0.408 e.